The molecule has 53 heavy (non-hydrogen) atoms. The zero-order valence-electron chi connectivity index (χ0n) is 29.6. The Labute approximate surface area is 308 Å². The van der Waals surface area contributed by atoms with Crippen molar-refractivity contribution in [3.63, 3.8) is 0 Å². The van der Waals surface area contributed by atoms with Crippen LogP contribution in [0.25, 0.3) is 0 Å². The Balaban J connectivity index is 1.14. The van der Waals surface area contributed by atoms with E-state index >= 15 is 0 Å². The monoisotopic (exact) mass is 721 g/mol. The Morgan fingerprint density at radius 2 is 1.47 bits per heavy atom. The second-order valence-corrected chi connectivity index (χ2v) is 12.1. The van der Waals surface area contributed by atoms with Crippen LogP contribution in [0.1, 0.15) is 46.0 Å². The Bertz CT molecular complexity index is 1880. The van der Waals surface area contributed by atoms with Gasteiger partial charge in [0.05, 0.1) is 33.0 Å². The number of phenolic OH excluding ortho intramolecular Hbond substituents is 1. The van der Waals surface area contributed by atoms with Gasteiger partial charge in [0.2, 0.25) is 5.96 Å². The fourth-order valence-corrected chi connectivity index (χ4v) is 5.29. The third-order valence-electron chi connectivity index (χ3n) is 8.12. The Morgan fingerprint density at radius 3 is 2.21 bits per heavy atom. The number of aliphatic imine (C=N–C) groups is 3. The lowest BCUT2D eigenvalue weighted by Crippen LogP contribution is -2.27. The first-order chi connectivity index (χ1) is 25.9. The maximum absolute atomic E-state index is 13.5. The molecule has 1 heterocycles. The minimum atomic E-state index is -0.351. The number of amidine groups is 2. The summed E-state index contributed by atoms with van der Waals surface area (Å²) in [5.41, 5.74) is 3.18. The molecule has 1 aliphatic rings. The first-order valence-corrected chi connectivity index (χ1v) is 17.5. The molecule has 5 N–H and O–H groups in total. The Morgan fingerprint density at radius 1 is 0.792 bits per heavy atom. The summed E-state index contributed by atoms with van der Waals surface area (Å²) in [6.07, 6.45) is 1.29. The van der Waals surface area contributed by atoms with Crippen LogP contribution in [0.4, 0.5) is 15.8 Å². The average Bonchev–Trinajstić information content (AvgIpc) is 3.34. The quantitative estimate of drug-likeness (QED) is 0.0698. The number of hydrogen-bond acceptors (Lipinski definition) is 9. The highest BCUT2D eigenvalue weighted by molar-refractivity contribution is 6.14. The first kappa shape index (κ1) is 38.3. The number of nitrogens with zero attached hydrogens (tertiary/aromatic N) is 3. The molecule has 13 heteroatoms. The number of benzene rings is 4. The number of amides is 2. The average molecular weight is 722 g/mol. The van der Waals surface area contributed by atoms with E-state index in [0.717, 1.165) is 12.1 Å². The van der Waals surface area contributed by atoms with E-state index in [2.05, 4.69) is 28.2 Å². The molecule has 0 bridgehead atoms. The van der Waals surface area contributed by atoms with Crippen molar-refractivity contribution in [3.8, 4) is 5.75 Å². The molecule has 5 rings (SSSR count). The zero-order valence-corrected chi connectivity index (χ0v) is 29.6. The maximum Gasteiger partial charge on any atom is 0.251 e. The van der Waals surface area contributed by atoms with E-state index in [4.69, 9.17) is 24.5 Å². The lowest BCUT2D eigenvalue weighted by molar-refractivity contribution is 0.0512. The fourth-order valence-electron chi connectivity index (χ4n) is 5.29. The number of rotatable bonds is 16. The summed E-state index contributed by atoms with van der Waals surface area (Å²) in [4.78, 5) is 39.2. The van der Waals surface area contributed by atoms with E-state index < -0.39 is 0 Å². The lowest BCUT2D eigenvalue weighted by atomic mass is 10.00. The molecule has 4 aromatic rings. The number of nitrogens with one attached hydrogen (secondary N) is 4. The topological polar surface area (TPSA) is 158 Å². The van der Waals surface area contributed by atoms with E-state index in [1.807, 2.05) is 18.2 Å². The molecule has 0 fully saturated rings. The summed E-state index contributed by atoms with van der Waals surface area (Å²) >= 11 is 0. The molecule has 1 atom stereocenters. The van der Waals surface area contributed by atoms with Crippen LogP contribution < -0.4 is 21.3 Å². The molecule has 276 valence electrons. The van der Waals surface area contributed by atoms with Crippen LogP contribution in [-0.2, 0) is 16.0 Å². The number of anilines is 2. The summed E-state index contributed by atoms with van der Waals surface area (Å²) in [5, 5.41) is 22.0. The van der Waals surface area contributed by atoms with Gasteiger partial charge in [-0.2, -0.15) is 9.98 Å². The molecule has 0 saturated carbocycles. The van der Waals surface area contributed by atoms with Crippen molar-refractivity contribution in [1.82, 2.24) is 10.6 Å². The standard InChI is InChI=1S/C40H44FN7O5/c1-2-29-26-36(42-19-21-52-23-24-53-22-20-43-38(50)30-8-4-3-5-9-30)47-40(46-34-15-17-35(49)18-16-34)48-37(29)45-33-13-11-31(12-14-33)39(51)44-27-28-7-6-10-32(41)25-28/h3-18,25,29,49H,2,19-24,26-27H2,1H3,(H,43,50)(H,44,51)(H2,42,45,46,47,48). The van der Waals surface area contributed by atoms with E-state index in [9.17, 15) is 19.1 Å². The largest absolute Gasteiger partial charge is 0.508 e. The number of ether oxygens (including phenoxy) is 2. The van der Waals surface area contributed by atoms with Gasteiger partial charge in [-0.1, -0.05) is 37.3 Å². The molecule has 2 amide bonds. The summed E-state index contributed by atoms with van der Waals surface area (Å²) < 4.78 is 24.8. The normalized spacial score (nSPS) is 14.8. The molecule has 0 aromatic heterocycles. The van der Waals surface area contributed by atoms with Gasteiger partial charge in [-0.05, 0) is 84.8 Å². The molecule has 4 aromatic carbocycles. The molecule has 0 radical (unpaired) electrons. The summed E-state index contributed by atoms with van der Waals surface area (Å²) in [6, 6.07) is 28.8. The third-order valence-corrected chi connectivity index (χ3v) is 8.12. The van der Waals surface area contributed by atoms with Crippen LogP contribution in [-0.4, -0.2) is 74.1 Å². The van der Waals surface area contributed by atoms with Crippen LogP contribution in [0.15, 0.2) is 118 Å². The zero-order chi connectivity index (χ0) is 37.3. The summed E-state index contributed by atoms with van der Waals surface area (Å²) in [7, 11) is 0. The number of carbonyl (C=O) groups is 2. The highest BCUT2D eigenvalue weighted by Crippen LogP contribution is 2.21. The van der Waals surface area contributed by atoms with Crippen molar-refractivity contribution in [2.45, 2.75) is 26.3 Å². The second kappa shape index (κ2) is 20.2. The maximum atomic E-state index is 13.5. The molecule has 0 spiro atoms. The highest BCUT2D eigenvalue weighted by atomic mass is 19.1. The molecule has 1 unspecified atom stereocenters. The number of phenols is 1. The minimum absolute atomic E-state index is 0.0393. The van der Waals surface area contributed by atoms with Gasteiger partial charge in [-0.3, -0.25) is 14.6 Å². The Kier molecular flexibility index (Phi) is 14.6. The predicted molar refractivity (Wildman–Crippen MR) is 205 cm³/mol. The molecular weight excluding hydrogens is 677 g/mol. The van der Waals surface area contributed by atoms with Crippen molar-refractivity contribution in [1.29, 1.82) is 0 Å². The van der Waals surface area contributed by atoms with Crippen LogP contribution in [0, 0.1) is 11.7 Å². The number of guanidine groups is 1. The Hall–Kier alpha value is -5.92. The number of hydrogen-bond donors (Lipinski definition) is 5. The van der Waals surface area contributed by atoms with Gasteiger partial charge in [-0.15, -0.1) is 0 Å². The number of aromatic hydroxyl groups is 1. The summed E-state index contributed by atoms with van der Waals surface area (Å²) in [5.74, 6) is 0.963. The first-order valence-electron chi connectivity index (χ1n) is 17.5. The van der Waals surface area contributed by atoms with Gasteiger partial charge in [0.15, 0.2) is 0 Å². The van der Waals surface area contributed by atoms with E-state index in [-0.39, 0.29) is 35.8 Å². The van der Waals surface area contributed by atoms with Crippen LogP contribution in [0.3, 0.4) is 0 Å². The fraction of sp³-hybridized carbons (Fsp3) is 0.275. The number of halogens is 1. The predicted octanol–water partition coefficient (Wildman–Crippen LogP) is 6.03. The SMILES string of the molecule is CCC1CC(=NCCOCCOCCNC(=O)c2ccccc2)N=C(Nc2ccc(O)cc2)N=C1Nc1ccc(C(=O)NCc2cccc(F)c2)cc1. The molecule has 0 aliphatic carbocycles. The molecule has 12 nitrogen and oxygen atoms in total. The van der Waals surface area contributed by atoms with Crippen LogP contribution >= 0.6 is 0 Å². The van der Waals surface area contributed by atoms with Gasteiger partial charge < -0.3 is 35.8 Å². The van der Waals surface area contributed by atoms with Crippen LogP contribution in [0.5, 0.6) is 5.75 Å². The van der Waals surface area contributed by atoms with Gasteiger partial charge in [0.25, 0.3) is 11.8 Å². The van der Waals surface area contributed by atoms with Gasteiger partial charge in [0.1, 0.15) is 23.2 Å². The van der Waals surface area contributed by atoms with E-state index in [1.165, 1.54) is 12.1 Å². The molecule has 0 saturated heterocycles. The smallest absolute Gasteiger partial charge is 0.251 e. The van der Waals surface area contributed by atoms with Gasteiger partial charge in [0, 0.05) is 47.9 Å². The summed E-state index contributed by atoms with van der Waals surface area (Å²) in [6.45, 7) is 4.60. The van der Waals surface area contributed by atoms with E-state index in [1.54, 1.807) is 72.8 Å². The minimum Gasteiger partial charge on any atom is -0.508 e. The van der Waals surface area contributed by atoms with Crippen molar-refractivity contribution in [2.75, 3.05) is 50.2 Å². The second-order valence-electron chi connectivity index (χ2n) is 12.1. The molecule has 1 aliphatic heterocycles. The van der Waals surface area contributed by atoms with Gasteiger partial charge in [-0.25, -0.2) is 4.39 Å². The van der Waals surface area contributed by atoms with Gasteiger partial charge >= 0.3 is 0 Å². The van der Waals surface area contributed by atoms with Crippen LogP contribution in [0.2, 0.25) is 0 Å². The van der Waals surface area contributed by atoms with Crippen molar-refractivity contribution in [3.05, 3.63) is 126 Å². The number of carbonyl (C=O) groups excluding carboxylic acids is 2. The molecular formula is C40H44FN7O5. The van der Waals surface area contributed by atoms with Crippen molar-refractivity contribution in [2.24, 2.45) is 20.9 Å². The lowest BCUT2D eigenvalue weighted by Gasteiger charge is -2.18. The van der Waals surface area contributed by atoms with E-state index in [0.29, 0.717) is 85.9 Å². The van der Waals surface area contributed by atoms with Crippen molar-refractivity contribution >= 4 is 40.8 Å². The highest BCUT2D eigenvalue weighted by Gasteiger charge is 2.22. The third kappa shape index (κ3) is 12.7. The van der Waals surface area contributed by atoms with Crippen molar-refractivity contribution < 1.29 is 28.6 Å².